The summed E-state index contributed by atoms with van der Waals surface area (Å²) in [5.74, 6) is 0.692. The number of fused-ring (bicyclic) bond motifs is 1. The van der Waals surface area contributed by atoms with Crippen LogP contribution in [0.15, 0.2) is 24.3 Å². The number of amides is 1. The number of ether oxygens (including phenoxy) is 1. The Bertz CT molecular complexity index is 920. The Morgan fingerprint density at radius 2 is 1.87 bits per heavy atom. The number of carbonyl (C=O) groups excluding carboxylic acids is 1. The molecule has 0 aliphatic carbocycles. The van der Waals surface area contributed by atoms with Crippen LogP contribution in [0.2, 0.25) is 10.2 Å². The van der Waals surface area contributed by atoms with Crippen LogP contribution in [0.25, 0.3) is 10.1 Å². The molecule has 0 saturated carbocycles. The molecule has 0 saturated heterocycles. The van der Waals surface area contributed by atoms with Gasteiger partial charge < -0.3 is 10.5 Å². The van der Waals surface area contributed by atoms with Gasteiger partial charge in [-0.25, -0.2) is 4.98 Å². The SMILES string of the molecule is Cc1nc(Cl)c2sc(C(N)=O)c(C)c2c1Oc1ccc(Cl)cc1. The van der Waals surface area contributed by atoms with Crippen molar-refractivity contribution >= 4 is 50.5 Å². The molecule has 0 spiro atoms. The van der Waals surface area contributed by atoms with E-state index in [4.69, 9.17) is 33.7 Å². The molecule has 23 heavy (non-hydrogen) atoms. The first kappa shape index (κ1) is 16.1. The first-order valence-electron chi connectivity index (χ1n) is 6.71. The summed E-state index contributed by atoms with van der Waals surface area (Å²) in [5.41, 5.74) is 6.82. The van der Waals surface area contributed by atoms with E-state index in [2.05, 4.69) is 4.98 Å². The zero-order chi connectivity index (χ0) is 16.7. The number of hydrogen-bond donors (Lipinski definition) is 1. The molecule has 2 N–H and O–H groups in total. The first-order valence-corrected chi connectivity index (χ1v) is 8.28. The van der Waals surface area contributed by atoms with E-state index >= 15 is 0 Å². The lowest BCUT2D eigenvalue weighted by atomic mass is 10.1. The van der Waals surface area contributed by atoms with Crippen LogP contribution in [-0.4, -0.2) is 10.9 Å². The van der Waals surface area contributed by atoms with Crippen LogP contribution < -0.4 is 10.5 Å². The van der Waals surface area contributed by atoms with Crippen molar-refractivity contribution in [2.75, 3.05) is 0 Å². The molecule has 3 aromatic rings. The van der Waals surface area contributed by atoms with Gasteiger partial charge >= 0.3 is 0 Å². The molecule has 1 amide bonds. The van der Waals surface area contributed by atoms with Crippen molar-refractivity contribution in [2.24, 2.45) is 5.73 Å². The van der Waals surface area contributed by atoms with Crippen LogP contribution in [0.5, 0.6) is 11.5 Å². The second-order valence-corrected chi connectivity index (χ2v) is 6.81. The van der Waals surface area contributed by atoms with Crippen molar-refractivity contribution < 1.29 is 9.53 Å². The maximum Gasteiger partial charge on any atom is 0.259 e. The summed E-state index contributed by atoms with van der Waals surface area (Å²) in [6, 6.07) is 7.00. The second-order valence-electron chi connectivity index (χ2n) is 5.00. The molecule has 118 valence electrons. The van der Waals surface area contributed by atoms with E-state index in [1.807, 2.05) is 6.92 Å². The Kier molecular flexibility index (Phi) is 4.19. The number of aryl methyl sites for hydroxylation is 2. The molecule has 0 fully saturated rings. The van der Waals surface area contributed by atoms with Gasteiger partial charge in [-0.3, -0.25) is 4.79 Å². The Hall–Kier alpha value is -1.82. The zero-order valence-electron chi connectivity index (χ0n) is 12.3. The Morgan fingerprint density at radius 3 is 2.48 bits per heavy atom. The summed E-state index contributed by atoms with van der Waals surface area (Å²) in [7, 11) is 0. The average molecular weight is 367 g/mol. The van der Waals surface area contributed by atoms with Gasteiger partial charge in [0.25, 0.3) is 5.91 Å². The summed E-state index contributed by atoms with van der Waals surface area (Å²) in [4.78, 5) is 16.4. The zero-order valence-corrected chi connectivity index (χ0v) is 14.6. The van der Waals surface area contributed by atoms with Gasteiger partial charge in [0.05, 0.1) is 15.3 Å². The topological polar surface area (TPSA) is 65.2 Å². The van der Waals surface area contributed by atoms with Gasteiger partial charge in [0, 0.05) is 10.4 Å². The fourth-order valence-electron chi connectivity index (χ4n) is 2.34. The lowest BCUT2D eigenvalue weighted by molar-refractivity contribution is 0.100. The highest BCUT2D eigenvalue weighted by molar-refractivity contribution is 7.21. The molecular weight excluding hydrogens is 355 g/mol. The molecule has 3 rings (SSSR count). The van der Waals surface area contributed by atoms with Crippen LogP contribution in [-0.2, 0) is 0 Å². The number of carbonyl (C=O) groups is 1. The average Bonchev–Trinajstić information content (AvgIpc) is 2.84. The summed E-state index contributed by atoms with van der Waals surface area (Å²) >= 11 is 13.3. The number of hydrogen-bond acceptors (Lipinski definition) is 4. The molecule has 1 aromatic carbocycles. The predicted molar refractivity (Wildman–Crippen MR) is 94.1 cm³/mol. The largest absolute Gasteiger partial charge is 0.455 e. The van der Waals surface area contributed by atoms with Crippen molar-refractivity contribution in [3.8, 4) is 11.5 Å². The van der Waals surface area contributed by atoms with Crippen LogP contribution in [0, 0.1) is 13.8 Å². The smallest absolute Gasteiger partial charge is 0.259 e. The fourth-order valence-corrected chi connectivity index (χ4v) is 3.84. The molecular formula is C16H12Cl2N2O2S. The first-order chi connectivity index (χ1) is 10.9. The minimum Gasteiger partial charge on any atom is -0.455 e. The van der Waals surface area contributed by atoms with Gasteiger partial charge in [-0.15, -0.1) is 11.3 Å². The van der Waals surface area contributed by atoms with Crippen molar-refractivity contribution in [3.63, 3.8) is 0 Å². The number of pyridine rings is 1. The molecule has 7 heteroatoms. The second kappa shape index (κ2) is 6.00. The Balaban J connectivity index is 2.23. The standard InChI is InChI=1S/C16H12Cl2N2O2S/c1-7-11-12(22-10-5-3-9(17)4-6-10)8(2)20-15(18)14(11)23-13(7)16(19)21/h3-6H,1-2H3,(H2,19,21). The number of primary amides is 1. The molecule has 0 radical (unpaired) electrons. The third-order valence-corrected chi connectivity index (χ3v) is 5.36. The van der Waals surface area contributed by atoms with E-state index in [9.17, 15) is 4.79 Å². The van der Waals surface area contributed by atoms with Gasteiger partial charge in [-0.05, 0) is 43.7 Å². The molecule has 2 heterocycles. The van der Waals surface area contributed by atoms with Gasteiger partial charge in [-0.1, -0.05) is 23.2 Å². The minimum absolute atomic E-state index is 0.335. The molecule has 0 bridgehead atoms. The van der Waals surface area contributed by atoms with Crippen LogP contribution >= 0.6 is 34.5 Å². The van der Waals surface area contributed by atoms with Gasteiger partial charge in [-0.2, -0.15) is 0 Å². The molecule has 4 nitrogen and oxygen atoms in total. The van der Waals surface area contributed by atoms with E-state index in [1.54, 1.807) is 31.2 Å². The molecule has 0 aliphatic heterocycles. The van der Waals surface area contributed by atoms with Gasteiger partial charge in [0.15, 0.2) is 5.75 Å². The van der Waals surface area contributed by atoms with Crippen molar-refractivity contribution in [1.82, 2.24) is 4.98 Å². The number of nitrogens with zero attached hydrogens (tertiary/aromatic N) is 1. The van der Waals surface area contributed by atoms with E-state index < -0.39 is 5.91 Å². The highest BCUT2D eigenvalue weighted by Gasteiger charge is 2.21. The van der Waals surface area contributed by atoms with Crippen molar-refractivity contribution in [3.05, 3.63) is 50.6 Å². The number of aromatic nitrogens is 1. The maximum atomic E-state index is 11.6. The summed E-state index contributed by atoms with van der Waals surface area (Å²) in [6.45, 7) is 3.63. The number of nitrogens with two attached hydrogens (primary N) is 1. The highest BCUT2D eigenvalue weighted by Crippen LogP contribution is 2.43. The summed E-state index contributed by atoms with van der Waals surface area (Å²) in [5, 5.41) is 1.72. The van der Waals surface area contributed by atoms with E-state index in [0.29, 0.717) is 36.9 Å². The quantitative estimate of drug-likeness (QED) is 0.654. The maximum absolute atomic E-state index is 11.6. The third-order valence-electron chi connectivity index (χ3n) is 3.41. The summed E-state index contributed by atoms with van der Waals surface area (Å²) in [6.07, 6.45) is 0. The van der Waals surface area contributed by atoms with Crippen molar-refractivity contribution in [2.45, 2.75) is 13.8 Å². The predicted octanol–water partition coefficient (Wildman–Crippen LogP) is 5.11. The number of thiophene rings is 1. The third kappa shape index (κ3) is 2.87. The van der Waals surface area contributed by atoms with Crippen molar-refractivity contribution in [1.29, 1.82) is 0 Å². The van der Waals surface area contributed by atoms with Crippen LogP contribution in [0.1, 0.15) is 20.9 Å². The van der Waals surface area contributed by atoms with E-state index in [0.717, 1.165) is 10.9 Å². The normalized spacial score (nSPS) is 11.0. The van der Waals surface area contributed by atoms with E-state index in [1.165, 1.54) is 11.3 Å². The van der Waals surface area contributed by atoms with E-state index in [-0.39, 0.29) is 0 Å². The molecule has 0 unspecified atom stereocenters. The van der Waals surface area contributed by atoms with Gasteiger partial charge in [0.2, 0.25) is 0 Å². The lowest BCUT2D eigenvalue weighted by Gasteiger charge is -2.11. The number of halogens is 2. The summed E-state index contributed by atoms with van der Waals surface area (Å²) < 4.78 is 6.67. The van der Waals surface area contributed by atoms with Crippen LogP contribution in [0.3, 0.4) is 0 Å². The molecule has 0 aliphatic rings. The fraction of sp³-hybridized carbons (Fsp3) is 0.125. The number of benzene rings is 1. The minimum atomic E-state index is -0.491. The Morgan fingerprint density at radius 1 is 1.22 bits per heavy atom. The monoisotopic (exact) mass is 366 g/mol. The number of rotatable bonds is 3. The molecule has 0 atom stereocenters. The highest BCUT2D eigenvalue weighted by atomic mass is 35.5. The van der Waals surface area contributed by atoms with Crippen LogP contribution in [0.4, 0.5) is 0 Å². The van der Waals surface area contributed by atoms with Gasteiger partial charge in [0.1, 0.15) is 10.9 Å². The lowest BCUT2D eigenvalue weighted by Crippen LogP contribution is -2.09. The Labute approximate surface area is 146 Å². The molecule has 2 aromatic heterocycles.